The monoisotopic (exact) mass is 314 g/mol. The van der Waals surface area contributed by atoms with Crippen LogP contribution in [0.2, 0.25) is 0 Å². The zero-order valence-corrected chi connectivity index (χ0v) is 14.7. The van der Waals surface area contributed by atoms with Crippen molar-refractivity contribution < 1.29 is 9.90 Å². The molecule has 0 heterocycles. The fraction of sp³-hybridized carbons (Fsp3) is 0.944. The summed E-state index contributed by atoms with van der Waals surface area (Å²) in [5.41, 5.74) is 0. The molecule has 22 heavy (non-hydrogen) atoms. The molecule has 0 aromatic rings. The minimum absolute atomic E-state index is 0.0681. The first-order valence-electron chi connectivity index (χ1n) is 9.40. The molecular formula is C18H38N2O2. The molecule has 0 saturated carbocycles. The van der Waals surface area contributed by atoms with Crippen LogP contribution in [0.15, 0.2) is 0 Å². The zero-order chi connectivity index (χ0) is 16.3. The van der Waals surface area contributed by atoms with Crippen molar-refractivity contribution in [1.82, 2.24) is 10.6 Å². The van der Waals surface area contributed by atoms with E-state index in [2.05, 4.69) is 17.6 Å². The molecule has 0 aromatic carbocycles. The summed E-state index contributed by atoms with van der Waals surface area (Å²) in [4.78, 5) is 10.3. The molecule has 0 rings (SSSR count). The Labute approximate surface area is 137 Å². The molecule has 0 aromatic heterocycles. The van der Waals surface area contributed by atoms with Crippen LogP contribution in [-0.4, -0.2) is 37.3 Å². The lowest BCUT2D eigenvalue weighted by Gasteiger charge is -2.05. The molecule has 0 radical (unpaired) electrons. The standard InChI is InChI=1S/C18H38N2O2/c1-2-3-4-5-6-7-8-9-10-11-12-14-19-15-13-16-20-17-18(21)22/h19-20H,2-17H2,1H3,(H,21,22). The van der Waals surface area contributed by atoms with E-state index >= 15 is 0 Å². The largest absolute Gasteiger partial charge is 0.480 e. The minimum Gasteiger partial charge on any atom is -0.480 e. The molecular weight excluding hydrogens is 276 g/mol. The average molecular weight is 315 g/mol. The van der Waals surface area contributed by atoms with Crippen molar-refractivity contribution in [3.05, 3.63) is 0 Å². The predicted molar refractivity (Wildman–Crippen MR) is 94.5 cm³/mol. The third kappa shape index (κ3) is 19.4. The maximum Gasteiger partial charge on any atom is 0.317 e. The van der Waals surface area contributed by atoms with Crippen LogP contribution in [0.1, 0.15) is 84.0 Å². The Morgan fingerprint density at radius 3 is 1.68 bits per heavy atom. The Morgan fingerprint density at radius 1 is 0.682 bits per heavy atom. The summed E-state index contributed by atoms with van der Waals surface area (Å²) >= 11 is 0. The van der Waals surface area contributed by atoms with Crippen molar-refractivity contribution in [2.24, 2.45) is 0 Å². The van der Waals surface area contributed by atoms with E-state index in [1.54, 1.807) is 0 Å². The molecule has 4 nitrogen and oxygen atoms in total. The molecule has 0 saturated heterocycles. The summed E-state index contributed by atoms with van der Waals surface area (Å²) in [7, 11) is 0. The number of rotatable bonds is 18. The van der Waals surface area contributed by atoms with Gasteiger partial charge in [-0.3, -0.25) is 4.79 Å². The number of carboxylic acid groups (broad SMARTS) is 1. The maximum atomic E-state index is 10.3. The van der Waals surface area contributed by atoms with Gasteiger partial charge in [0.05, 0.1) is 6.54 Å². The van der Waals surface area contributed by atoms with E-state index in [1.807, 2.05) is 0 Å². The first kappa shape index (κ1) is 21.4. The van der Waals surface area contributed by atoms with E-state index in [4.69, 9.17) is 5.11 Å². The average Bonchev–Trinajstić information content (AvgIpc) is 2.50. The highest BCUT2D eigenvalue weighted by molar-refractivity contribution is 5.68. The number of hydrogen-bond acceptors (Lipinski definition) is 3. The lowest BCUT2D eigenvalue weighted by molar-refractivity contribution is -0.135. The topological polar surface area (TPSA) is 61.4 Å². The third-order valence-electron chi connectivity index (χ3n) is 3.94. The van der Waals surface area contributed by atoms with E-state index in [0.717, 1.165) is 26.1 Å². The van der Waals surface area contributed by atoms with Gasteiger partial charge in [0.25, 0.3) is 0 Å². The van der Waals surface area contributed by atoms with Gasteiger partial charge in [0.15, 0.2) is 0 Å². The normalized spacial score (nSPS) is 11.0. The first-order valence-corrected chi connectivity index (χ1v) is 9.40. The lowest BCUT2D eigenvalue weighted by Crippen LogP contribution is -2.26. The van der Waals surface area contributed by atoms with Gasteiger partial charge in [-0.2, -0.15) is 0 Å². The van der Waals surface area contributed by atoms with Crippen LogP contribution in [0, 0.1) is 0 Å². The fourth-order valence-electron chi connectivity index (χ4n) is 2.57. The molecule has 0 fully saturated rings. The summed E-state index contributed by atoms with van der Waals surface area (Å²) in [6.45, 7) is 5.18. The molecule has 0 amide bonds. The second-order valence-electron chi connectivity index (χ2n) is 6.21. The summed E-state index contributed by atoms with van der Waals surface area (Å²) in [5, 5.41) is 14.8. The fourth-order valence-corrected chi connectivity index (χ4v) is 2.57. The van der Waals surface area contributed by atoms with Gasteiger partial charge in [0.2, 0.25) is 0 Å². The van der Waals surface area contributed by atoms with Gasteiger partial charge >= 0.3 is 5.97 Å². The number of nitrogens with one attached hydrogen (secondary N) is 2. The van der Waals surface area contributed by atoms with E-state index in [0.29, 0.717) is 0 Å². The second-order valence-corrected chi connectivity index (χ2v) is 6.21. The van der Waals surface area contributed by atoms with Crippen LogP contribution in [-0.2, 0) is 4.79 Å². The van der Waals surface area contributed by atoms with Crippen LogP contribution in [0.25, 0.3) is 0 Å². The quantitative estimate of drug-likeness (QED) is 0.335. The molecule has 132 valence electrons. The van der Waals surface area contributed by atoms with Gasteiger partial charge in [-0.05, 0) is 32.5 Å². The summed E-state index contributed by atoms with van der Waals surface area (Å²) in [6.07, 6.45) is 16.2. The van der Waals surface area contributed by atoms with Gasteiger partial charge < -0.3 is 15.7 Å². The Kier molecular flexibility index (Phi) is 17.9. The van der Waals surface area contributed by atoms with Crippen molar-refractivity contribution in [3.63, 3.8) is 0 Å². The molecule has 0 unspecified atom stereocenters. The molecule has 0 bridgehead atoms. The van der Waals surface area contributed by atoms with Crippen LogP contribution >= 0.6 is 0 Å². The van der Waals surface area contributed by atoms with Crippen LogP contribution in [0.3, 0.4) is 0 Å². The number of carbonyl (C=O) groups is 1. The smallest absolute Gasteiger partial charge is 0.317 e. The summed E-state index contributed by atoms with van der Waals surface area (Å²) < 4.78 is 0. The lowest BCUT2D eigenvalue weighted by atomic mass is 10.1. The van der Waals surface area contributed by atoms with E-state index < -0.39 is 5.97 Å². The molecule has 0 aliphatic carbocycles. The molecule has 0 atom stereocenters. The van der Waals surface area contributed by atoms with Crippen molar-refractivity contribution in [2.75, 3.05) is 26.2 Å². The van der Waals surface area contributed by atoms with Crippen LogP contribution < -0.4 is 10.6 Å². The van der Waals surface area contributed by atoms with Gasteiger partial charge in [-0.25, -0.2) is 0 Å². The zero-order valence-electron chi connectivity index (χ0n) is 14.7. The first-order chi connectivity index (χ1) is 10.8. The van der Waals surface area contributed by atoms with Crippen molar-refractivity contribution in [3.8, 4) is 0 Å². The van der Waals surface area contributed by atoms with E-state index in [-0.39, 0.29) is 6.54 Å². The Hall–Kier alpha value is -0.610. The highest BCUT2D eigenvalue weighted by Crippen LogP contribution is 2.10. The molecule has 4 heteroatoms. The second kappa shape index (κ2) is 18.4. The highest BCUT2D eigenvalue weighted by Gasteiger charge is 1.95. The number of aliphatic carboxylic acids is 1. The van der Waals surface area contributed by atoms with Crippen LogP contribution in [0.5, 0.6) is 0 Å². The van der Waals surface area contributed by atoms with Crippen molar-refractivity contribution in [1.29, 1.82) is 0 Å². The van der Waals surface area contributed by atoms with Crippen LogP contribution in [0.4, 0.5) is 0 Å². The van der Waals surface area contributed by atoms with Crippen molar-refractivity contribution in [2.45, 2.75) is 84.0 Å². The SMILES string of the molecule is CCCCCCCCCCCCCNCCCNCC(=O)O. The summed E-state index contributed by atoms with van der Waals surface area (Å²) in [5.74, 6) is -0.783. The Bertz CT molecular complexity index is 235. The predicted octanol–water partition coefficient (Wildman–Crippen LogP) is 3.95. The molecule has 0 spiro atoms. The molecule has 0 aliphatic rings. The number of carboxylic acids is 1. The third-order valence-corrected chi connectivity index (χ3v) is 3.94. The maximum absolute atomic E-state index is 10.3. The van der Waals surface area contributed by atoms with Gasteiger partial charge in [-0.1, -0.05) is 71.1 Å². The van der Waals surface area contributed by atoms with Gasteiger partial charge in [-0.15, -0.1) is 0 Å². The molecule has 3 N–H and O–H groups in total. The number of unbranched alkanes of at least 4 members (excludes halogenated alkanes) is 10. The summed E-state index contributed by atoms with van der Waals surface area (Å²) in [6, 6.07) is 0. The minimum atomic E-state index is -0.783. The Balaban J connectivity index is 2.95. The van der Waals surface area contributed by atoms with E-state index in [9.17, 15) is 4.79 Å². The number of hydrogen-bond donors (Lipinski definition) is 3. The van der Waals surface area contributed by atoms with Crippen molar-refractivity contribution >= 4 is 5.97 Å². The Morgan fingerprint density at radius 2 is 1.14 bits per heavy atom. The van der Waals surface area contributed by atoms with Gasteiger partial charge in [0.1, 0.15) is 0 Å². The van der Waals surface area contributed by atoms with Gasteiger partial charge in [0, 0.05) is 0 Å². The molecule has 0 aliphatic heterocycles. The van der Waals surface area contributed by atoms with E-state index in [1.165, 1.54) is 70.6 Å². The highest BCUT2D eigenvalue weighted by atomic mass is 16.4.